The molecule has 202 valence electrons. The van der Waals surface area contributed by atoms with Gasteiger partial charge in [0.25, 0.3) is 0 Å². The van der Waals surface area contributed by atoms with E-state index >= 15 is 0 Å². The number of aromatic nitrogens is 1. The normalized spacial score (nSPS) is 36.8. The molecule has 1 aromatic rings. The Morgan fingerprint density at radius 1 is 1.19 bits per heavy atom. The molecule has 0 radical (unpaired) electrons. The molecule has 8 atom stereocenters. The van der Waals surface area contributed by atoms with E-state index in [1.54, 1.807) is 26.8 Å². The topological polar surface area (TPSA) is 143 Å². The Hall–Kier alpha value is -2.07. The molecule has 9 heteroatoms. The monoisotopic (exact) mass is 507 g/mol. The number of nitrogens with zero attached hydrogens (tertiary/aromatic N) is 1. The van der Waals surface area contributed by atoms with Crippen LogP contribution in [0.5, 0.6) is 0 Å². The van der Waals surface area contributed by atoms with E-state index in [2.05, 4.69) is 4.98 Å². The van der Waals surface area contributed by atoms with Gasteiger partial charge in [-0.2, -0.15) is 0 Å². The van der Waals surface area contributed by atoms with Crippen LogP contribution in [0.4, 0.5) is 0 Å². The third-order valence-electron chi connectivity index (χ3n) is 7.89. The number of ether oxygens (including phenoxy) is 2. The minimum absolute atomic E-state index is 0.0304. The summed E-state index contributed by atoms with van der Waals surface area (Å²) in [5.74, 6) is -1.66. The van der Waals surface area contributed by atoms with Crippen molar-refractivity contribution in [1.82, 2.24) is 4.98 Å². The molecule has 9 nitrogen and oxygen atoms in total. The van der Waals surface area contributed by atoms with Crippen LogP contribution in [0.15, 0.2) is 16.3 Å². The van der Waals surface area contributed by atoms with Crippen molar-refractivity contribution in [2.24, 2.45) is 23.2 Å². The average Bonchev–Trinajstić information content (AvgIpc) is 3.47. The first-order valence-electron chi connectivity index (χ1n) is 12.9. The molecule has 0 aromatic carbocycles. The third kappa shape index (κ3) is 6.43. The maximum atomic E-state index is 13.2. The summed E-state index contributed by atoms with van der Waals surface area (Å²) in [6.07, 6.45) is 2.38. The summed E-state index contributed by atoms with van der Waals surface area (Å²) in [6, 6.07) is 0. The molecular weight excluding hydrogens is 466 g/mol. The van der Waals surface area contributed by atoms with E-state index in [1.807, 2.05) is 20.8 Å². The summed E-state index contributed by atoms with van der Waals surface area (Å²) in [5.41, 5.74) is -0.0263. The average molecular weight is 508 g/mol. The number of hydrogen-bond acceptors (Lipinski definition) is 9. The van der Waals surface area contributed by atoms with Crippen LogP contribution in [-0.4, -0.2) is 62.6 Å². The Balaban J connectivity index is 1.87. The van der Waals surface area contributed by atoms with Crippen LogP contribution in [0.3, 0.4) is 0 Å². The van der Waals surface area contributed by atoms with Gasteiger partial charge in [0, 0.05) is 11.8 Å². The third-order valence-corrected chi connectivity index (χ3v) is 7.89. The number of hydrogen-bond donors (Lipinski definition) is 3. The van der Waals surface area contributed by atoms with Gasteiger partial charge in [0.1, 0.15) is 30.5 Å². The lowest BCUT2D eigenvalue weighted by molar-refractivity contribution is -0.156. The number of fused-ring (bicyclic) bond motifs is 1. The molecule has 0 bridgehead atoms. The first-order valence-corrected chi connectivity index (χ1v) is 12.9. The van der Waals surface area contributed by atoms with E-state index in [0.29, 0.717) is 5.69 Å². The molecule has 2 aliphatic heterocycles. The molecule has 0 saturated carbocycles. The van der Waals surface area contributed by atoms with Gasteiger partial charge in [-0.3, -0.25) is 9.59 Å². The SMILES string of the molecule is C/C(=C\c1coc(CO)n1)[C@H]1OC(=O)C[C@H](O)C(C)(C)C(=O)[C@H](C)[C@@H](O)[C@@H](C)CCC[C@H]2O[C@H]2[C@@H]1C. The van der Waals surface area contributed by atoms with E-state index in [-0.39, 0.29) is 48.7 Å². The molecule has 2 aliphatic rings. The number of rotatable bonds is 3. The summed E-state index contributed by atoms with van der Waals surface area (Å²) in [4.78, 5) is 30.4. The Morgan fingerprint density at radius 2 is 1.89 bits per heavy atom. The van der Waals surface area contributed by atoms with E-state index in [0.717, 1.165) is 24.8 Å². The number of carbonyl (C=O) groups is 2. The van der Waals surface area contributed by atoms with Gasteiger partial charge in [-0.05, 0) is 37.3 Å². The summed E-state index contributed by atoms with van der Waals surface area (Å²) in [5, 5.41) is 30.9. The van der Waals surface area contributed by atoms with Crippen molar-refractivity contribution in [3.63, 3.8) is 0 Å². The van der Waals surface area contributed by atoms with E-state index in [9.17, 15) is 24.9 Å². The zero-order chi connectivity index (χ0) is 26.8. The number of Topliss-reactive ketones (excluding diaryl/α,β-unsaturated/α-hetero) is 1. The van der Waals surface area contributed by atoms with E-state index in [4.69, 9.17) is 13.9 Å². The molecule has 2 saturated heterocycles. The van der Waals surface area contributed by atoms with Crippen LogP contribution in [0.25, 0.3) is 6.08 Å². The number of cyclic esters (lactones) is 1. The van der Waals surface area contributed by atoms with Crippen LogP contribution in [0.1, 0.15) is 78.8 Å². The summed E-state index contributed by atoms with van der Waals surface area (Å²) >= 11 is 0. The highest BCUT2D eigenvalue weighted by molar-refractivity contribution is 5.88. The van der Waals surface area contributed by atoms with Crippen molar-refractivity contribution in [2.45, 2.75) is 104 Å². The summed E-state index contributed by atoms with van der Waals surface area (Å²) in [6.45, 7) is 10.3. The molecule has 3 rings (SSSR count). The Morgan fingerprint density at radius 3 is 2.53 bits per heavy atom. The van der Waals surface area contributed by atoms with Gasteiger partial charge in [-0.1, -0.05) is 41.0 Å². The fraction of sp³-hybridized carbons (Fsp3) is 0.741. The second-order valence-electron chi connectivity index (χ2n) is 11.1. The second-order valence-corrected chi connectivity index (χ2v) is 11.1. The number of epoxide rings is 1. The van der Waals surface area contributed by atoms with Crippen LogP contribution in [-0.2, 0) is 25.7 Å². The van der Waals surface area contributed by atoms with Gasteiger partial charge in [-0.25, -0.2) is 4.98 Å². The Labute approximate surface area is 212 Å². The van der Waals surface area contributed by atoms with Gasteiger partial charge >= 0.3 is 5.97 Å². The number of esters is 1. The van der Waals surface area contributed by atoms with Crippen molar-refractivity contribution < 1.29 is 38.8 Å². The highest BCUT2D eigenvalue weighted by Gasteiger charge is 2.47. The highest BCUT2D eigenvalue weighted by Crippen LogP contribution is 2.39. The Kier molecular flexibility index (Phi) is 9.14. The van der Waals surface area contributed by atoms with Crippen molar-refractivity contribution >= 4 is 17.8 Å². The van der Waals surface area contributed by atoms with Gasteiger partial charge in [0.05, 0.1) is 36.3 Å². The predicted molar refractivity (Wildman–Crippen MR) is 131 cm³/mol. The largest absolute Gasteiger partial charge is 0.457 e. The number of aliphatic hydroxyl groups excluding tert-OH is 3. The van der Waals surface area contributed by atoms with Gasteiger partial charge in [-0.15, -0.1) is 0 Å². The lowest BCUT2D eigenvalue weighted by atomic mass is 9.73. The maximum Gasteiger partial charge on any atom is 0.309 e. The molecule has 3 N–H and O–H groups in total. The molecule has 1 aromatic heterocycles. The molecule has 0 amide bonds. The zero-order valence-corrected chi connectivity index (χ0v) is 22.1. The first kappa shape index (κ1) is 28.5. The molecule has 0 unspecified atom stereocenters. The molecule has 0 spiro atoms. The van der Waals surface area contributed by atoms with Gasteiger partial charge in [0.15, 0.2) is 0 Å². The van der Waals surface area contributed by atoms with Crippen LogP contribution < -0.4 is 0 Å². The minimum Gasteiger partial charge on any atom is -0.457 e. The molecular formula is C27H41NO8. The fourth-order valence-corrected chi connectivity index (χ4v) is 5.23. The number of ketones is 1. The highest BCUT2D eigenvalue weighted by atomic mass is 16.6. The minimum atomic E-state index is -1.27. The number of aliphatic hydroxyl groups is 3. The van der Waals surface area contributed by atoms with Crippen molar-refractivity contribution in [3.8, 4) is 0 Å². The summed E-state index contributed by atoms with van der Waals surface area (Å²) in [7, 11) is 0. The summed E-state index contributed by atoms with van der Waals surface area (Å²) < 4.78 is 17.0. The maximum absolute atomic E-state index is 13.2. The molecule has 0 aliphatic carbocycles. The first-order chi connectivity index (χ1) is 16.9. The fourth-order valence-electron chi connectivity index (χ4n) is 5.23. The van der Waals surface area contributed by atoms with Crippen molar-refractivity contribution in [3.05, 3.63) is 23.4 Å². The van der Waals surface area contributed by atoms with Gasteiger partial charge in [0.2, 0.25) is 5.89 Å². The van der Waals surface area contributed by atoms with Crippen LogP contribution in [0.2, 0.25) is 0 Å². The molecule has 36 heavy (non-hydrogen) atoms. The van der Waals surface area contributed by atoms with Crippen LogP contribution in [0, 0.1) is 23.2 Å². The molecule has 2 fully saturated rings. The predicted octanol–water partition coefficient (Wildman–Crippen LogP) is 3.05. The molecule has 3 heterocycles. The quantitative estimate of drug-likeness (QED) is 0.415. The van der Waals surface area contributed by atoms with Crippen molar-refractivity contribution in [2.75, 3.05) is 0 Å². The standard InChI is InChI=1S/C27H41NO8/c1-14-8-7-9-19-25(35-19)17(4)24(15(2)10-18-13-34-21(12-29)28-18)36-22(31)11-20(30)27(5,6)26(33)16(3)23(14)32/h10,13-14,16-17,19-20,23-25,29-30,32H,7-9,11-12H2,1-6H3/b15-10+/t14-,16+,17+,19+,20-,23-,24+,25-/m0/s1. The van der Waals surface area contributed by atoms with E-state index < -0.39 is 35.6 Å². The Bertz CT molecular complexity index is 953. The lowest BCUT2D eigenvalue weighted by Crippen LogP contribution is -2.46. The van der Waals surface area contributed by atoms with E-state index in [1.165, 1.54) is 6.26 Å². The number of oxazole rings is 1. The lowest BCUT2D eigenvalue weighted by Gasteiger charge is -2.34. The number of carbonyl (C=O) groups excluding carboxylic acids is 2. The zero-order valence-electron chi connectivity index (χ0n) is 22.1. The van der Waals surface area contributed by atoms with Crippen molar-refractivity contribution in [1.29, 1.82) is 0 Å². The smallest absolute Gasteiger partial charge is 0.309 e. The second kappa shape index (κ2) is 11.5. The van der Waals surface area contributed by atoms with Gasteiger partial charge < -0.3 is 29.2 Å². The van der Waals surface area contributed by atoms with Crippen LogP contribution >= 0.6 is 0 Å².